The summed E-state index contributed by atoms with van der Waals surface area (Å²) in [5.74, 6) is 2.01. The quantitative estimate of drug-likeness (QED) is 0.343. The highest BCUT2D eigenvalue weighted by Crippen LogP contribution is 2.34. The molecular weight excluding hydrogens is 457 g/mol. The standard InChI is InChI=1S/C20H33N3OS.HI/c1-5-25-20(11-13-24-14-12-20)16-23-18(21-4)22-15-19(2,3)17-9-7-6-8-10-17;/h6-10H,5,11-16H2,1-4H3,(H2,21,22,23);1H. The second-order valence-electron chi connectivity index (χ2n) is 7.26. The Labute approximate surface area is 180 Å². The fourth-order valence-corrected chi connectivity index (χ4v) is 4.43. The van der Waals surface area contributed by atoms with Crippen LogP contribution in [0.15, 0.2) is 35.3 Å². The van der Waals surface area contributed by atoms with Crippen LogP contribution < -0.4 is 10.6 Å². The zero-order chi connectivity index (χ0) is 18.2. The average molecular weight is 491 g/mol. The second-order valence-corrected chi connectivity index (χ2v) is 8.99. The summed E-state index contributed by atoms with van der Waals surface area (Å²) in [5.41, 5.74) is 1.38. The summed E-state index contributed by atoms with van der Waals surface area (Å²) in [5, 5.41) is 7.06. The highest BCUT2D eigenvalue weighted by atomic mass is 127. The molecule has 1 heterocycles. The third-order valence-electron chi connectivity index (χ3n) is 4.91. The van der Waals surface area contributed by atoms with Crippen LogP contribution in [0.4, 0.5) is 0 Å². The normalized spacial score (nSPS) is 17.3. The monoisotopic (exact) mass is 491 g/mol. The first-order valence-electron chi connectivity index (χ1n) is 9.23. The van der Waals surface area contributed by atoms with Gasteiger partial charge in [-0.1, -0.05) is 51.1 Å². The van der Waals surface area contributed by atoms with Crippen molar-refractivity contribution in [2.75, 3.05) is 39.1 Å². The van der Waals surface area contributed by atoms with Gasteiger partial charge in [0.05, 0.1) is 0 Å². The third-order valence-corrected chi connectivity index (χ3v) is 6.36. The van der Waals surface area contributed by atoms with Crippen LogP contribution in [0.5, 0.6) is 0 Å². The van der Waals surface area contributed by atoms with Crippen molar-refractivity contribution in [1.29, 1.82) is 0 Å². The number of benzene rings is 1. The number of thioether (sulfide) groups is 1. The minimum absolute atomic E-state index is 0. The molecule has 4 nitrogen and oxygen atoms in total. The molecule has 1 fully saturated rings. The van der Waals surface area contributed by atoms with Gasteiger partial charge < -0.3 is 15.4 Å². The van der Waals surface area contributed by atoms with Crippen molar-refractivity contribution in [2.24, 2.45) is 4.99 Å². The molecule has 1 aromatic carbocycles. The topological polar surface area (TPSA) is 45.7 Å². The summed E-state index contributed by atoms with van der Waals surface area (Å²) < 4.78 is 5.82. The number of guanidine groups is 1. The predicted octanol–water partition coefficient (Wildman–Crippen LogP) is 4.05. The van der Waals surface area contributed by atoms with Crippen LogP contribution in [0.2, 0.25) is 0 Å². The number of hydrogen-bond acceptors (Lipinski definition) is 3. The fraction of sp³-hybridized carbons (Fsp3) is 0.650. The summed E-state index contributed by atoms with van der Waals surface area (Å²) in [6, 6.07) is 10.6. The summed E-state index contributed by atoms with van der Waals surface area (Å²) in [7, 11) is 1.84. The number of rotatable bonds is 7. The van der Waals surface area contributed by atoms with Crippen molar-refractivity contribution < 1.29 is 4.74 Å². The molecule has 0 radical (unpaired) electrons. The molecule has 148 valence electrons. The van der Waals surface area contributed by atoms with Crippen LogP contribution in [0.1, 0.15) is 39.2 Å². The van der Waals surface area contributed by atoms with E-state index in [0.29, 0.717) is 0 Å². The number of ether oxygens (including phenoxy) is 1. The molecule has 0 amide bonds. The maximum Gasteiger partial charge on any atom is 0.191 e. The largest absolute Gasteiger partial charge is 0.381 e. The Morgan fingerprint density at radius 2 is 1.85 bits per heavy atom. The SMILES string of the molecule is CCSC1(CNC(=NC)NCC(C)(C)c2ccccc2)CCOCC1.I. The second kappa shape index (κ2) is 11.4. The lowest BCUT2D eigenvalue weighted by Gasteiger charge is -2.37. The van der Waals surface area contributed by atoms with Crippen molar-refractivity contribution in [3.05, 3.63) is 35.9 Å². The maximum absolute atomic E-state index is 5.56. The van der Waals surface area contributed by atoms with E-state index in [0.717, 1.165) is 50.9 Å². The Morgan fingerprint density at radius 1 is 1.19 bits per heavy atom. The van der Waals surface area contributed by atoms with Crippen LogP contribution in [-0.2, 0) is 10.2 Å². The third kappa shape index (κ3) is 6.93. The smallest absolute Gasteiger partial charge is 0.191 e. The van der Waals surface area contributed by atoms with Gasteiger partial charge >= 0.3 is 0 Å². The van der Waals surface area contributed by atoms with E-state index >= 15 is 0 Å². The van der Waals surface area contributed by atoms with Gasteiger partial charge in [-0.15, -0.1) is 24.0 Å². The molecular formula is C20H34IN3OS. The Hall–Kier alpha value is -0.470. The van der Waals surface area contributed by atoms with Crippen LogP contribution >= 0.6 is 35.7 Å². The van der Waals surface area contributed by atoms with Gasteiger partial charge in [0.1, 0.15) is 0 Å². The average Bonchev–Trinajstić information content (AvgIpc) is 2.63. The lowest BCUT2D eigenvalue weighted by atomic mass is 9.85. The van der Waals surface area contributed by atoms with Gasteiger partial charge in [0.15, 0.2) is 5.96 Å². The first-order chi connectivity index (χ1) is 12.0. The van der Waals surface area contributed by atoms with E-state index in [9.17, 15) is 0 Å². The molecule has 1 aliphatic rings. The van der Waals surface area contributed by atoms with Gasteiger partial charge in [0.2, 0.25) is 0 Å². The number of nitrogens with one attached hydrogen (secondary N) is 2. The molecule has 0 aromatic heterocycles. The first kappa shape index (κ1) is 23.6. The van der Waals surface area contributed by atoms with Crippen LogP contribution in [-0.4, -0.2) is 49.8 Å². The summed E-state index contributed by atoms with van der Waals surface area (Å²) in [6.45, 7) is 10.2. The first-order valence-corrected chi connectivity index (χ1v) is 10.2. The zero-order valence-corrected chi connectivity index (χ0v) is 19.7. The predicted molar refractivity (Wildman–Crippen MR) is 125 cm³/mol. The van der Waals surface area contributed by atoms with Gasteiger partial charge in [0, 0.05) is 43.5 Å². The van der Waals surface area contributed by atoms with E-state index in [2.05, 4.69) is 66.7 Å². The molecule has 2 rings (SSSR count). The molecule has 6 heteroatoms. The molecule has 0 aliphatic carbocycles. The summed E-state index contributed by atoms with van der Waals surface area (Å²) >= 11 is 2.05. The minimum atomic E-state index is 0. The van der Waals surface area contributed by atoms with E-state index in [1.165, 1.54) is 5.56 Å². The van der Waals surface area contributed by atoms with Crippen molar-refractivity contribution >= 4 is 41.7 Å². The van der Waals surface area contributed by atoms with Gasteiger partial charge in [0.25, 0.3) is 0 Å². The Bertz CT molecular complexity index is 540. The van der Waals surface area contributed by atoms with E-state index in [1.54, 1.807) is 0 Å². The molecule has 2 N–H and O–H groups in total. The molecule has 26 heavy (non-hydrogen) atoms. The van der Waals surface area contributed by atoms with E-state index in [-0.39, 0.29) is 34.1 Å². The van der Waals surface area contributed by atoms with E-state index in [1.807, 2.05) is 18.8 Å². The fourth-order valence-electron chi connectivity index (χ4n) is 3.18. The van der Waals surface area contributed by atoms with Crippen LogP contribution in [0, 0.1) is 0 Å². The van der Waals surface area contributed by atoms with E-state index < -0.39 is 0 Å². The van der Waals surface area contributed by atoms with Crippen LogP contribution in [0.3, 0.4) is 0 Å². The van der Waals surface area contributed by atoms with Gasteiger partial charge in [-0.05, 0) is 24.2 Å². The maximum atomic E-state index is 5.56. The number of halogens is 1. The molecule has 0 saturated carbocycles. The summed E-state index contributed by atoms with van der Waals surface area (Å²) in [4.78, 5) is 4.41. The molecule has 0 bridgehead atoms. The molecule has 0 atom stereocenters. The lowest BCUT2D eigenvalue weighted by Crippen LogP contribution is -2.49. The molecule has 0 unspecified atom stereocenters. The molecule has 1 saturated heterocycles. The number of nitrogens with zero attached hydrogens (tertiary/aromatic N) is 1. The minimum Gasteiger partial charge on any atom is -0.381 e. The lowest BCUT2D eigenvalue weighted by molar-refractivity contribution is 0.0782. The van der Waals surface area contributed by atoms with E-state index in [4.69, 9.17) is 4.74 Å². The van der Waals surface area contributed by atoms with Crippen molar-refractivity contribution in [2.45, 2.75) is 43.8 Å². The van der Waals surface area contributed by atoms with Gasteiger partial charge in [-0.2, -0.15) is 11.8 Å². The Balaban J connectivity index is 0.00000338. The van der Waals surface area contributed by atoms with Crippen molar-refractivity contribution in [1.82, 2.24) is 10.6 Å². The zero-order valence-electron chi connectivity index (χ0n) is 16.5. The number of aliphatic imine (C=N–C) groups is 1. The van der Waals surface area contributed by atoms with Crippen molar-refractivity contribution in [3.8, 4) is 0 Å². The molecule has 1 aromatic rings. The number of hydrogen-bond donors (Lipinski definition) is 2. The Kier molecular flexibility index (Phi) is 10.3. The highest BCUT2D eigenvalue weighted by molar-refractivity contribution is 14.0. The molecule has 0 spiro atoms. The Morgan fingerprint density at radius 3 is 2.42 bits per heavy atom. The van der Waals surface area contributed by atoms with Gasteiger partial charge in [-0.3, -0.25) is 4.99 Å². The van der Waals surface area contributed by atoms with Crippen LogP contribution in [0.25, 0.3) is 0 Å². The van der Waals surface area contributed by atoms with Gasteiger partial charge in [-0.25, -0.2) is 0 Å². The van der Waals surface area contributed by atoms with Crippen molar-refractivity contribution in [3.63, 3.8) is 0 Å². The summed E-state index contributed by atoms with van der Waals surface area (Å²) in [6.07, 6.45) is 2.20. The highest BCUT2D eigenvalue weighted by Gasteiger charge is 2.32. The molecule has 1 aliphatic heterocycles.